The Morgan fingerprint density at radius 2 is 0.901 bits per heavy atom. The molecule has 11 N–H and O–H groups in total. The van der Waals surface area contributed by atoms with E-state index < -0.39 is 25.1 Å². The van der Waals surface area contributed by atoms with Gasteiger partial charge in [-0.15, -0.1) is 0 Å². The van der Waals surface area contributed by atoms with Crippen LogP contribution in [0.2, 0.25) is 0 Å². The van der Waals surface area contributed by atoms with Gasteiger partial charge in [-0.05, 0) is 204 Å². The van der Waals surface area contributed by atoms with Gasteiger partial charge < -0.3 is 67.0 Å². The van der Waals surface area contributed by atoms with E-state index in [9.17, 15) is 74.9 Å². The van der Waals surface area contributed by atoms with Crippen LogP contribution in [-0.4, -0.2) is 292 Å². The van der Waals surface area contributed by atoms with Crippen molar-refractivity contribution in [1.29, 1.82) is 0 Å². The molecule has 0 aliphatic carbocycles. The quantitative estimate of drug-likeness (QED) is 0.00521. The zero-order valence-corrected chi connectivity index (χ0v) is 97.8. The summed E-state index contributed by atoms with van der Waals surface area (Å²) in [5.41, 5.74) is 12.0. The van der Waals surface area contributed by atoms with Crippen LogP contribution in [0.3, 0.4) is 0 Å². The number of sulfonamides is 2. The SMILES string of the molecule is CC(=O)N(C)CCCC(C)C.CC(C)(C)CCCN(O)S(C)(=O)=O.CC(C)(C)CCCN=C(N)N.CC(C)CCCN/C(=N/[N+](=O)[O-])N(C)C.CC(C)CCCN1C(=O)CCC1=O.CC(C)CCCN1C(=O)CN(C)C1=O.CC(C)CCCN1C(=O)COCC1=O.CCC(=O)NCCCC(C)(C)C.CN=C(NCCCC(C)C)NS(C)(=O)=O.CNC(=O)OCCCC(C)(C)C.COC(=O)NCCCC(C)(C)C. The topological polar surface area (TPSA) is 514 Å². The lowest BCUT2D eigenvalue weighted by Crippen LogP contribution is -2.46. The number of carbonyl (C=O) groups is 10. The van der Waals surface area contributed by atoms with Gasteiger partial charge in [0, 0.05) is 134 Å². The van der Waals surface area contributed by atoms with Crippen molar-refractivity contribution in [2.75, 3.05) is 154 Å². The van der Waals surface area contributed by atoms with Gasteiger partial charge in [0.25, 0.3) is 17.8 Å². The average molecular weight is 2070 g/mol. The molecule has 0 unspecified atom stereocenters. The fraction of sp³-hybridized carbons (Fsp3) is 0.871. The van der Waals surface area contributed by atoms with Gasteiger partial charge in [-0.25, -0.2) is 41.3 Å². The van der Waals surface area contributed by atoms with Crippen LogP contribution in [0, 0.1) is 72.7 Å². The predicted octanol–water partition coefficient (Wildman–Crippen LogP) is 16.5. The molecule has 0 aromatic heterocycles. The monoisotopic (exact) mass is 2070 g/mol. The zero-order valence-electron chi connectivity index (χ0n) is 96.1. The number of alkyl carbamates (subject to hydrolysis) is 2. The van der Waals surface area contributed by atoms with Gasteiger partial charge in [-0.2, -0.15) is 0 Å². The van der Waals surface area contributed by atoms with Crippen molar-refractivity contribution in [3.8, 4) is 0 Å². The molecule has 3 saturated heterocycles. The summed E-state index contributed by atoms with van der Waals surface area (Å²) >= 11 is 0. The second kappa shape index (κ2) is 83.8. The van der Waals surface area contributed by atoms with E-state index in [0.29, 0.717) is 133 Å². The van der Waals surface area contributed by atoms with E-state index in [1.807, 2.05) is 14.0 Å². The van der Waals surface area contributed by atoms with Gasteiger partial charge in [0.05, 0.1) is 26.2 Å². The Morgan fingerprint density at radius 1 is 0.528 bits per heavy atom. The molecule has 840 valence electrons. The van der Waals surface area contributed by atoms with E-state index in [2.05, 4.69) is 238 Å². The largest absolute Gasteiger partial charge is 0.453 e. The summed E-state index contributed by atoms with van der Waals surface area (Å²) in [5, 5.41) is 35.6. The van der Waals surface area contributed by atoms with E-state index in [-0.39, 0.29) is 97.2 Å². The smallest absolute Gasteiger partial charge is 0.406 e. The van der Waals surface area contributed by atoms with Gasteiger partial charge in [0.15, 0.2) is 11.0 Å². The Labute approximate surface area is 861 Å². The number of hydrogen-bond donors (Lipinski definition) is 9. The number of hydroxylamine groups is 1. The highest BCUT2D eigenvalue weighted by molar-refractivity contribution is 7.89. The van der Waals surface area contributed by atoms with Gasteiger partial charge in [0.1, 0.15) is 24.9 Å². The molecule has 3 heterocycles. The van der Waals surface area contributed by atoms with Crippen LogP contribution in [0.5, 0.6) is 0 Å². The number of hydrogen-bond acceptors (Lipinski definition) is 22. The van der Waals surface area contributed by atoms with Crippen molar-refractivity contribution in [3.05, 3.63) is 10.1 Å². The summed E-state index contributed by atoms with van der Waals surface area (Å²) in [6.45, 7) is 69.3. The summed E-state index contributed by atoms with van der Waals surface area (Å²) in [6.07, 6.45) is 25.4. The van der Waals surface area contributed by atoms with Crippen molar-refractivity contribution in [2.45, 2.75) is 361 Å². The van der Waals surface area contributed by atoms with Crippen LogP contribution in [0.4, 0.5) is 14.4 Å². The number of morpholine rings is 1. The molecule has 0 aromatic rings. The normalized spacial score (nSPS) is 13.5. The number of methoxy groups -OCH3 is 1. The number of amides is 11. The van der Waals surface area contributed by atoms with Crippen molar-refractivity contribution < 1.29 is 89.2 Å². The number of nitro groups is 1. The standard InChI is InChI=1S/C10H18N2O2.C10H17NO3.C10H17NO2.C10H21NO.C9H20N4O2.C9H21N3O2S.2C9H19NO2.C9H19NO.C8H19N3.C8H19NO3S/c1-8(2)5-4-6-12-9(13)7-11(3)10(12)14;1-8(2)4-3-5-11-9(12)6-14-7-10(11)13;1-8(2)4-3-7-11-9(12)5-6-10(11)13;1-5-9(12)11-8-6-7-10(2,3)4;1-8(2)6-5-7-10-9(12(3)4)11-13(14)15;1-8(2)6-5-7-11-9(10-3)12-15(4,13)14;1-9(2,3)6-5-7-10-8(11)12-4;1-9(2,3)6-5-7-12-8(11)10-4;1-8(2)6-5-7-10(4)9(3)11;1-8(2,3)5-4-6-11-7(9)10;1-8(2,3)6-5-7-9(10)13(4,11)12/h8H,4-7H2,1-3H3;8H,3-7H2,1-2H3;8H,3-7H2,1-2H3;5-8H2,1-4H3,(H,11,12);8H,5-7H2,1-4H3,(H,10,11);8H,5-7H2,1-4H3,(H2,10,11,12);2*5-7H2,1-4H3,(H,10,11);8H,5-7H2,1-4H3;4-6H2,1-3H3,(H4,9,10,11);10H,5-7H2,1-4H3. The number of imide groups is 3. The lowest BCUT2D eigenvalue weighted by Gasteiger charge is -2.24. The fourth-order valence-electron chi connectivity index (χ4n) is 11.9. The van der Waals surface area contributed by atoms with E-state index >= 15 is 0 Å². The number of guanidine groups is 3. The van der Waals surface area contributed by atoms with Crippen LogP contribution in [0.25, 0.3) is 0 Å². The molecule has 0 atom stereocenters. The Morgan fingerprint density at radius 3 is 1.25 bits per heavy atom. The highest BCUT2D eigenvalue weighted by atomic mass is 32.2. The number of ether oxygens (including phenoxy) is 3. The highest BCUT2D eigenvalue weighted by Crippen LogP contribution is 2.25. The molecule has 3 aliphatic rings. The molecule has 3 fully saturated rings. The molecule has 0 bridgehead atoms. The molecule has 0 aromatic carbocycles. The Balaban J connectivity index is -0.000000232. The van der Waals surface area contributed by atoms with Gasteiger partial charge >= 0.3 is 18.2 Å². The first kappa shape index (κ1) is 149. The number of nitrogens with two attached hydrogens (primary N) is 2. The van der Waals surface area contributed by atoms with Crippen LogP contribution in [-0.2, 0) is 67.8 Å². The van der Waals surface area contributed by atoms with Gasteiger partial charge in [0.2, 0.25) is 55.5 Å². The minimum Gasteiger partial charge on any atom is -0.453 e. The summed E-state index contributed by atoms with van der Waals surface area (Å²) < 4.78 is 60.1. The first-order valence-electron chi connectivity index (χ1n) is 51.0. The summed E-state index contributed by atoms with van der Waals surface area (Å²) in [5.74, 6) is 4.60. The van der Waals surface area contributed by atoms with Crippen molar-refractivity contribution in [3.63, 3.8) is 0 Å². The van der Waals surface area contributed by atoms with Crippen LogP contribution in [0.1, 0.15) is 361 Å². The first-order valence-corrected chi connectivity index (χ1v) is 54.7. The third-order valence-electron chi connectivity index (χ3n) is 20.2. The Kier molecular flexibility index (Phi) is 88.0. The average Bonchev–Trinajstić information content (AvgIpc) is 1.70. The third-order valence-corrected chi connectivity index (χ3v) is 21.7. The fourth-order valence-corrected chi connectivity index (χ4v) is 12.9. The van der Waals surface area contributed by atoms with E-state index in [1.165, 1.54) is 33.1 Å². The molecular weight excluding hydrogens is 1860 g/mol. The zero-order chi connectivity index (χ0) is 112. The summed E-state index contributed by atoms with van der Waals surface area (Å²) in [6, 6.07) is -0.154. The number of rotatable bonds is 43. The first-order chi connectivity index (χ1) is 65.0. The molecule has 41 heteroatoms. The Hall–Kier alpha value is -8.31. The number of nitrogens with zero attached hydrogens (tertiary/aromatic N) is 11. The van der Waals surface area contributed by atoms with Gasteiger partial charge in [-0.3, -0.25) is 68.2 Å². The van der Waals surface area contributed by atoms with Crippen molar-refractivity contribution in [2.24, 2.45) is 89.1 Å². The summed E-state index contributed by atoms with van der Waals surface area (Å²) in [7, 11) is 4.76. The number of nitrogens with one attached hydrogen (secondary N) is 6. The van der Waals surface area contributed by atoms with E-state index in [0.717, 1.165) is 173 Å². The van der Waals surface area contributed by atoms with Crippen molar-refractivity contribution >= 4 is 97.5 Å². The lowest BCUT2D eigenvalue weighted by molar-refractivity contribution is -0.485. The maximum absolute atomic E-state index is 11.4. The molecule has 0 radical (unpaired) electrons. The number of urea groups is 1. The minimum atomic E-state index is -3.43. The number of carbonyl (C=O) groups excluding carboxylic acids is 10. The third kappa shape index (κ3) is 110. The van der Waals surface area contributed by atoms with Crippen LogP contribution >= 0.6 is 0 Å². The summed E-state index contributed by atoms with van der Waals surface area (Å²) in [4.78, 5) is 137. The lowest BCUT2D eigenvalue weighted by atomic mass is 9.91. The number of aliphatic imine (C=N–C) groups is 2. The maximum Gasteiger partial charge on any atom is 0.406 e. The molecule has 11 amide bonds. The van der Waals surface area contributed by atoms with E-state index in [1.54, 1.807) is 52.0 Å². The predicted molar refractivity (Wildman–Crippen MR) is 578 cm³/mol. The highest BCUT2D eigenvalue weighted by Gasteiger charge is 2.33. The number of hydrazone groups is 1. The van der Waals surface area contributed by atoms with Crippen LogP contribution < -0.4 is 42.8 Å². The second-order valence-electron chi connectivity index (χ2n) is 44.5. The van der Waals surface area contributed by atoms with Gasteiger partial charge in [-0.1, -0.05) is 198 Å². The minimum absolute atomic E-state index is 0.00811. The van der Waals surface area contributed by atoms with Crippen LogP contribution in [0.15, 0.2) is 15.1 Å². The molecule has 142 heavy (non-hydrogen) atoms. The molecule has 0 spiro atoms. The number of likely N-dealkylation sites (N-methyl/N-ethyl adjacent to an activating group) is 1. The molecular formula is C101H209N19O20S2. The molecule has 3 rings (SSSR count). The number of likely N-dealkylation sites (tertiary alicyclic amines) is 1. The molecule has 3 aliphatic heterocycles. The molecule has 39 nitrogen and oxygen atoms in total. The second-order valence-corrected chi connectivity index (χ2v) is 48.1. The van der Waals surface area contributed by atoms with Crippen molar-refractivity contribution in [1.82, 2.24) is 65.2 Å². The Bertz CT molecular complexity index is 3600. The molecule has 0 saturated carbocycles. The van der Waals surface area contributed by atoms with E-state index in [4.69, 9.17) is 26.1 Å². The maximum atomic E-state index is 11.4.